The molecule has 3 rings (SSSR count). The summed E-state index contributed by atoms with van der Waals surface area (Å²) in [4.78, 5) is 14.4. The molecule has 1 heterocycles. The minimum Gasteiger partial charge on any atom is -0.454 e. The van der Waals surface area contributed by atoms with Gasteiger partial charge in [0.15, 0.2) is 11.5 Å². The summed E-state index contributed by atoms with van der Waals surface area (Å²) in [5.41, 5.74) is 7.94. The molecule has 0 fully saturated rings. The van der Waals surface area contributed by atoms with Gasteiger partial charge in [0.2, 0.25) is 12.7 Å². The molecule has 0 spiro atoms. The molecule has 27 heavy (non-hydrogen) atoms. The number of hydrogen-bond acceptors (Lipinski definition) is 5. The van der Waals surface area contributed by atoms with Gasteiger partial charge < -0.3 is 20.5 Å². The first-order chi connectivity index (χ1) is 12.7. The average molecular weight is 392 g/mol. The van der Waals surface area contributed by atoms with Gasteiger partial charge in [-0.05, 0) is 29.7 Å². The molecule has 7 heteroatoms. The molecule has 0 unspecified atom stereocenters. The van der Waals surface area contributed by atoms with Gasteiger partial charge in [0.25, 0.3) is 0 Å². The molecule has 2 aromatic carbocycles. The van der Waals surface area contributed by atoms with Crippen LogP contribution in [0.15, 0.2) is 48.5 Å². The van der Waals surface area contributed by atoms with Crippen LogP contribution in [0, 0.1) is 0 Å². The maximum Gasteiger partial charge on any atom is 0.234 e. The van der Waals surface area contributed by atoms with E-state index >= 15 is 0 Å². The largest absolute Gasteiger partial charge is 0.454 e. The maximum atomic E-state index is 12.3. The highest BCUT2D eigenvalue weighted by molar-refractivity contribution is 5.85. The van der Waals surface area contributed by atoms with Crippen LogP contribution < -0.4 is 20.5 Å². The maximum absolute atomic E-state index is 12.3. The van der Waals surface area contributed by atoms with Gasteiger partial charge in [-0.2, -0.15) is 0 Å². The van der Waals surface area contributed by atoms with Crippen LogP contribution in [-0.4, -0.2) is 43.8 Å². The third-order valence-corrected chi connectivity index (χ3v) is 4.30. The van der Waals surface area contributed by atoms with Crippen LogP contribution in [-0.2, 0) is 17.8 Å². The lowest BCUT2D eigenvalue weighted by molar-refractivity contribution is -0.122. The summed E-state index contributed by atoms with van der Waals surface area (Å²) in [7, 11) is 0. The van der Waals surface area contributed by atoms with Crippen molar-refractivity contribution in [3.05, 3.63) is 59.7 Å². The lowest BCUT2D eigenvalue weighted by Crippen LogP contribution is -2.40. The van der Waals surface area contributed by atoms with E-state index in [1.165, 1.54) is 5.56 Å². The Morgan fingerprint density at radius 3 is 2.59 bits per heavy atom. The number of ether oxygens (including phenoxy) is 2. The van der Waals surface area contributed by atoms with Crippen molar-refractivity contribution in [3.8, 4) is 11.5 Å². The van der Waals surface area contributed by atoms with Crippen molar-refractivity contribution in [2.45, 2.75) is 13.0 Å². The molecule has 0 saturated carbocycles. The first-order valence-electron chi connectivity index (χ1n) is 8.86. The Morgan fingerprint density at radius 1 is 1.04 bits per heavy atom. The van der Waals surface area contributed by atoms with Gasteiger partial charge in [-0.3, -0.25) is 9.69 Å². The van der Waals surface area contributed by atoms with Crippen LogP contribution >= 0.6 is 12.4 Å². The van der Waals surface area contributed by atoms with Gasteiger partial charge in [0.05, 0.1) is 6.54 Å². The van der Waals surface area contributed by atoms with Crippen molar-refractivity contribution < 1.29 is 14.3 Å². The van der Waals surface area contributed by atoms with Crippen molar-refractivity contribution in [2.24, 2.45) is 5.73 Å². The topological polar surface area (TPSA) is 76.8 Å². The van der Waals surface area contributed by atoms with Gasteiger partial charge in [-0.25, -0.2) is 0 Å². The number of amides is 1. The third kappa shape index (κ3) is 6.43. The summed E-state index contributed by atoms with van der Waals surface area (Å²) in [5.74, 6) is 1.46. The molecule has 1 aliphatic rings. The molecule has 0 radical (unpaired) electrons. The minimum atomic E-state index is -0.0100. The summed E-state index contributed by atoms with van der Waals surface area (Å²) in [6.45, 7) is 3.09. The quantitative estimate of drug-likeness (QED) is 0.683. The smallest absolute Gasteiger partial charge is 0.234 e. The second-order valence-corrected chi connectivity index (χ2v) is 6.26. The fourth-order valence-corrected chi connectivity index (χ4v) is 2.89. The van der Waals surface area contributed by atoms with Crippen LogP contribution in [0.3, 0.4) is 0 Å². The van der Waals surface area contributed by atoms with Gasteiger partial charge in [0, 0.05) is 26.2 Å². The van der Waals surface area contributed by atoms with Crippen LogP contribution in [0.4, 0.5) is 0 Å². The Hall–Kier alpha value is -2.28. The van der Waals surface area contributed by atoms with Crippen molar-refractivity contribution in [2.75, 3.05) is 33.0 Å². The number of fused-ring (bicyclic) bond motifs is 1. The summed E-state index contributed by atoms with van der Waals surface area (Å²) in [6, 6.07) is 16.0. The summed E-state index contributed by atoms with van der Waals surface area (Å²) in [6.07, 6.45) is 0.899. The lowest BCUT2D eigenvalue weighted by Gasteiger charge is -2.21. The summed E-state index contributed by atoms with van der Waals surface area (Å²) in [5, 5.41) is 2.96. The fraction of sp³-hybridized carbons (Fsp3) is 0.350. The van der Waals surface area contributed by atoms with Crippen molar-refractivity contribution in [1.82, 2.24) is 10.2 Å². The van der Waals surface area contributed by atoms with E-state index in [-0.39, 0.29) is 25.1 Å². The minimum absolute atomic E-state index is 0. The number of benzene rings is 2. The molecule has 146 valence electrons. The van der Waals surface area contributed by atoms with E-state index in [4.69, 9.17) is 15.2 Å². The number of nitrogens with two attached hydrogens (primary N) is 1. The first kappa shape index (κ1) is 21.0. The highest BCUT2D eigenvalue weighted by Crippen LogP contribution is 2.32. The van der Waals surface area contributed by atoms with E-state index in [9.17, 15) is 4.79 Å². The second kappa shape index (κ2) is 10.8. The van der Waals surface area contributed by atoms with E-state index in [0.29, 0.717) is 26.2 Å². The van der Waals surface area contributed by atoms with E-state index in [1.807, 2.05) is 36.4 Å². The number of carbonyl (C=O) groups is 1. The number of nitrogens with one attached hydrogen (secondary N) is 1. The summed E-state index contributed by atoms with van der Waals surface area (Å²) < 4.78 is 10.7. The molecule has 2 aromatic rings. The van der Waals surface area contributed by atoms with E-state index in [1.54, 1.807) is 0 Å². The second-order valence-electron chi connectivity index (χ2n) is 6.26. The van der Waals surface area contributed by atoms with Gasteiger partial charge >= 0.3 is 0 Å². The predicted molar refractivity (Wildman–Crippen MR) is 107 cm³/mol. The molecule has 0 aliphatic carbocycles. The van der Waals surface area contributed by atoms with E-state index < -0.39 is 0 Å². The zero-order valence-electron chi connectivity index (χ0n) is 15.2. The molecule has 0 atom stereocenters. The molecular formula is C20H26ClN3O3. The van der Waals surface area contributed by atoms with Crippen molar-refractivity contribution in [1.29, 1.82) is 0 Å². The fourth-order valence-electron chi connectivity index (χ4n) is 2.89. The SMILES string of the molecule is Cl.NCCN(CCc1ccccc1)CC(=O)NCc1ccc2c(c1)OCO2. The zero-order chi connectivity index (χ0) is 18.2. The standard InChI is InChI=1S/C20H25N3O3.ClH/c21-9-11-23(10-8-16-4-2-1-3-5-16)14-20(24)22-13-17-6-7-18-19(12-17)26-15-25-18;/h1-7,12H,8-11,13-15,21H2,(H,22,24);1H. The number of halogens is 1. The van der Waals surface area contributed by atoms with E-state index in [0.717, 1.165) is 30.0 Å². The third-order valence-electron chi connectivity index (χ3n) is 4.30. The van der Waals surface area contributed by atoms with Gasteiger partial charge in [-0.1, -0.05) is 36.4 Å². The zero-order valence-corrected chi connectivity index (χ0v) is 16.0. The van der Waals surface area contributed by atoms with Crippen molar-refractivity contribution >= 4 is 18.3 Å². The normalized spacial score (nSPS) is 11.9. The van der Waals surface area contributed by atoms with Crippen LogP contribution in [0.1, 0.15) is 11.1 Å². The predicted octanol–water partition coefficient (Wildman–Crippen LogP) is 1.96. The Balaban J connectivity index is 0.00000261. The Kier molecular flexibility index (Phi) is 8.39. The Bertz CT molecular complexity index is 728. The Labute approximate surface area is 166 Å². The van der Waals surface area contributed by atoms with E-state index in [2.05, 4.69) is 22.3 Å². The number of nitrogens with zero attached hydrogens (tertiary/aromatic N) is 1. The molecule has 1 aliphatic heterocycles. The highest BCUT2D eigenvalue weighted by atomic mass is 35.5. The average Bonchev–Trinajstić information content (AvgIpc) is 3.13. The number of carbonyl (C=O) groups excluding carboxylic acids is 1. The Morgan fingerprint density at radius 2 is 1.81 bits per heavy atom. The van der Waals surface area contributed by atoms with Crippen LogP contribution in [0.25, 0.3) is 0 Å². The first-order valence-corrected chi connectivity index (χ1v) is 8.86. The van der Waals surface area contributed by atoms with Crippen LogP contribution in [0.2, 0.25) is 0 Å². The number of hydrogen-bond donors (Lipinski definition) is 2. The highest BCUT2D eigenvalue weighted by Gasteiger charge is 2.14. The monoisotopic (exact) mass is 391 g/mol. The number of rotatable bonds is 9. The molecule has 0 bridgehead atoms. The molecule has 6 nitrogen and oxygen atoms in total. The van der Waals surface area contributed by atoms with Gasteiger partial charge in [0.1, 0.15) is 0 Å². The molecule has 0 aromatic heterocycles. The molecule has 3 N–H and O–H groups in total. The van der Waals surface area contributed by atoms with Crippen LogP contribution in [0.5, 0.6) is 11.5 Å². The lowest BCUT2D eigenvalue weighted by atomic mass is 10.1. The van der Waals surface area contributed by atoms with Crippen molar-refractivity contribution in [3.63, 3.8) is 0 Å². The molecule has 1 amide bonds. The summed E-state index contributed by atoms with van der Waals surface area (Å²) >= 11 is 0. The molecule has 0 saturated heterocycles. The van der Waals surface area contributed by atoms with Gasteiger partial charge in [-0.15, -0.1) is 12.4 Å². The molecular weight excluding hydrogens is 366 g/mol.